The van der Waals surface area contributed by atoms with Crippen molar-refractivity contribution in [2.24, 2.45) is 0 Å². The van der Waals surface area contributed by atoms with E-state index >= 15 is 0 Å². The fourth-order valence-electron chi connectivity index (χ4n) is 3.08. The SMILES string of the molecule is O=C(NCc1ccccc1Cl)c1ccc(-n2c(=S)[nH]c3ccccc3c2=O)cc1. The summed E-state index contributed by atoms with van der Waals surface area (Å²) in [4.78, 5) is 28.3. The Bertz CT molecular complexity index is 1330. The molecular formula is C22H16ClN3O2S. The highest BCUT2D eigenvalue weighted by Crippen LogP contribution is 2.15. The van der Waals surface area contributed by atoms with E-state index in [4.69, 9.17) is 23.8 Å². The Morgan fingerprint density at radius 1 is 1.00 bits per heavy atom. The number of hydrogen-bond donors (Lipinski definition) is 2. The van der Waals surface area contributed by atoms with Crippen LogP contribution in [-0.4, -0.2) is 15.5 Å². The Labute approximate surface area is 176 Å². The summed E-state index contributed by atoms with van der Waals surface area (Å²) >= 11 is 11.5. The predicted molar refractivity (Wildman–Crippen MR) is 117 cm³/mol. The molecular weight excluding hydrogens is 406 g/mol. The molecule has 2 N–H and O–H groups in total. The number of nitrogens with one attached hydrogen (secondary N) is 2. The van der Waals surface area contributed by atoms with Gasteiger partial charge in [-0.15, -0.1) is 0 Å². The zero-order valence-corrected chi connectivity index (χ0v) is 16.8. The molecule has 0 saturated carbocycles. The van der Waals surface area contributed by atoms with Crippen LogP contribution in [0.15, 0.2) is 77.6 Å². The zero-order valence-electron chi connectivity index (χ0n) is 15.2. The molecule has 0 bridgehead atoms. The second-order valence-corrected chi connectivity index (χ2v) is 7.23. The molecule has 1 amide bonds. The molecule has 0 atom stereocenters. The van der Waals surface area contributed by atoms with Gasteiger partial charge >= 0.3 is 0 Å². The minimum absolute atomic E-state index is 0.208. The maximum Gasteiger partial charge on any atom is 0.266 e. The molecule has 1 heterocycles. The summed E-state index contributed by atoms with van der Waals surface area (Å²) in [5.41, 5.74) is 2.39. The number of benzene rings is 3. The molecule has 3 aromatic carbocycles. The van der Waals surface area contributed by atoms with Crippen LogP contribution in [0.3, 0.4) is 0 Å². The lowest BCUT2D eigenvalue weighted by atomic mass is 10.1. The van der Waals surface area contributed by atoms with E-state index in [1.165, 1.54) is 4.57 Å². The first-order chi connectivity index (χ1) is 14.0. The van der Waals surface area contributed by atoms with Crippen molar-refractivity contribution in [3.8, 4) is 5.69 Å². The summed E-state index contributed by atoms with van der Waals surface area (Å²) in [5.74, 6) is -0.229. The van der Waals surface area contributed by atoms with Gasteiger partial charge in [-0.1, -0.05) is 41.9 Å². The van der Waals surface area contributed by atoms with Gasteiger partial charge in [0.2, 0.25) is 0 Å². The molecule has 0 spiro atoms. The van der Waals surface area contributed by atoms with E-state index < -0.39 is 0 Å². The Balaban J connectivity index is 1.59. The number of para-hydroxylation sites is 1. The molecule has 5 nitrogen and oxygen atoms in total. The van der Waals surface area contributed by atoms with Crippen molar-refractivity contribution in [1.82, 2.24) is 14.9 Å². The van der Waals surface area contributed by atoms with Crippen LogP contribution in [0, 0.1) is 4.77 Å². The van der Waals surface area contributed by atoms with E-state index in [0.717, 1.165) is 5.56 Å². The number of nitrogens with zero attached hydrogens (tertiary/aromatic N) is 1. The third-order valence-corrected chi connectivity index (χ3v) is 5.24. The molecule has 0 fully saturated rings. The standard InChI is InChI=1S/C22H16ClN3O2S/c23-18-7-3-1-5-15(18)13-24-20(27)14-9-11-16(12-10-14)26-21(28)17-6-2-4-8-19(17)25-22(26)29/h1-12H,13H2,(H,24,27)(H,25,29). The number of H-pyrrole nitrogens is 1. The van der Waals surface area contributed by atoms with Gasteiger partial charge in [0.1, 0.15) is 0 Å². The number of carbonyl (C=O) groups excluding carboxylic acids is 1. The lowest BCUT2D eigenvalue weighted by molar-refractivity contribution is 0.0951. The van der Waals surface area contributed by atoms with Gasteiger partial charge in [-0.05, 0) is 60.2 Å². The molecule has 4 rings (SSSR count). The molecule has 0 unspecified atom stereocenters. The number of amides is 1. The molecule has 7 heteroatoms. The van der Waals surface area contributed by atoms with Crippen molar-refractivity contribution in [2.75, 3.05) is 0 Å². The van der Waals surface area contributed by atoms with Crippen molar-refractivity contribution >= 4 is 40.6 Å². The Morgan fingerprint density at radius 3 is 2.45 bits per heavy atom. The number of carbonyl (C=O) groups is 1. The van der Waals surface area contributed by atoms with Crippen LogP contribution < -0.4 is 10.9 Å². The fourth-order valence-corrected chi connectivity index (χ4v) is 3.58. The molecule has 0 radical (unpaired) electrons. The predicted octanol–water partition coefficient (Wildman–Crippen LogP) is 4.63. The van der Waals surface area contributed by atoms with Gasteiger partial charge in [0, 0.05) is 17.1 Å². The van der Waals surface area contributed by atoms with Crippen molar-refractivity contribution in [3.05, 3.63) is 104 Å². The first-order valence-corrected chi connectivity index (χ1v) is 9.69. The van der Waals surface area contributed by atoms with E-state index in [9.17, 15) is 9.59 Å². The number of fused-ring (bicyclic) bond motifs is 1. The molecule has 1 aromatic heterocycles. The normalized spacial score (nSPS) is 10.8. The minimum Gasteiger partial charge on any atom is -0.348 e. The molecule has 0 aliphatic rings. The number of halogens is 1. The number of aromatic amines is 1. The Kier molecular flexibility index (Phi) is 5.29. The van der Waals surface area contributed by atoms with Crippen LogP contribution in [0.5, 0.6) is 0 Å². The second kappa shape index (κ2) is 8.03. The molecule has 0 aliphatic carbocycles. The van der Waals surface area contributed by atoms with Crippen LogP contribution >= 0.6 is 23.8 Å². The third kappa shape index (κ3) is 3.85. The summed E-state index contributed by atoms with van der Waals surface area (Å²) < 4.78 is 1.72. The number of aromatic nitrogens is 2. The van der Waals surface area contributed by atoms with Crippen molar-refractivity contribution in [3.63, 3.8) is 0 Å². The van der Waals surface area contributed by atoms with E-state index in [1.54, 1.807) is 42.5 Å². The highest BCUT2D eigenvalue weighted by Gasteiger charge is 2.10. The lowest BCUT2D eigenvalue weighted by Gasteiger charge is -2.10. The zero-order chi connectivity index (χ0) is 20.4. The first kappa shape index (κ1) is 19.1. The average Bonchev–Trinajstić information content (AvgIpc) is 2.73. The van der Waals surface area contributed by atoms with E-state index in [1.807, 2.05) is 30.3 Å². The summed E-state index contributed by atoms with van der Waals surface area (Å²) in [6.45, 7) is 0.329. The first-order valence-electron chi connectivity index (χ1n) is 8.91. The van der Waals surface area contributed by atoms with Crippen LogP contribution in [0.4, 0.5) is 0 Å². The molecule has 4 aromatic rings. The monoisotopic (exact) mass is 421 g/mol. The Hall–Kier alpha value is -3.22. The lowest BCUT2D eigenvalue weighted by Crippen LogP contribution is -2.23. The number of hydrogen-bond acceptors (Lipinski definition) is 3. The summed E-state index contributed by atoms with van der Waals surface area (Å²) in [7, 11) is 0. The molecule has 29 heavy (non-hydrogen) atoms. The molecule has 0 aliphatic heterocycles. The summed E-state index contributed by atoms with van der Waals surface area (Å²) in [5, 5.41) is 3.99. The fraction of sp³-hybridized carbons (Fsp3) is 0.0455. The third-order valence-electron chi connectivity index (χ3n) is 4.59. The van der Waals surface area contributed by atoms with Crippen molar-refractivity contribution < 1.29 is 4.79 Å². The maximum atomic E-state index is 12.8. The highest BCUT2D eigenvalue weighted by atomic mass is 35.5. The van der Waals surface area contributed by atoms with Gasteiger partial charge in [-0.2, -0.15) is 0 Å². The van der Waals surface area contributed by atoms with Crippen LogP contribution in [0.1, 0.15) is 15.9 Å². The van der Waals surface area contributed by atoms with Crippen molar-refractivity contribution in [2.45, 2.75) is 6.54 Å². The summed E-state index contributed by atoms with van der Waals surface area (Å²) in [6, 6.07) is 21.3. The van der Waals surface area contributed by atoms with E-state index in [-0.39, 0.29) is 11.5 Å². The smallest absolute Gasteiger partial charge is 0.266 e. The van der Waals surface area contributed by atoms with E-state index in [2.05, 4.69) is 10.3 Å². The van der Waals surface area contributed by atoms with E-state index in [0.29, 0.717) is 38.5 Å². The largest absolute Gasteiger partial charge is 0.348 e. The van der Waals surface area contributed by atoms with Gasteiger partial charge < -0.3 is 10.3 Å². The second-order valence-electron chi connectivity index (χ2n) is 6.44. The van der Waals surface area contributed by atoms with Crippen LogP contribution in [0.25, 0.3) is 16.6 Å². The average molecular weight is 422 g/mol. The van der Waals surface area contributed by atoms with Crippen LogP contribution in [-0.2, 0) is 6.54 Å². The topological polar surface area (TPSA) is 66.9 Å². The van der Waals surface area contributed by atoms with Gasteiger partial charge in [-0.3, -0.25) is 14.2 Å². The van der Waals surface area contributed by atoms with Gasteiger partial charge in [0.05, 0.1) is 16.6 Å². The van der Waals surface area contributed by atoms with Gasteiger partial charge in [-0.25, -0.2) is 0 Å². The minimum atomic E-state index is -0.229. The highest BCUT2D eigenvalue weighted by molar-refractivity contribution is 7.71. The summed E-state index contributed by atoms with van der Waals surface area (Å²) in [6.07, 6.45) is 0. The maximum absolute atomic E-state index is 12.8. The Morgan fingerprint density at radius 2 is 1.69 bits per heavy atom. The molecule has 0 saturated heterocycles. The molecule has 144 valence electrons. The van der Waals surface area contributed by atoms with Gasteiger partial charge in [0.15, 0.2) is 4.77 Å². The van der Waals surface area contributed by atoms with Gasteiger partial charge in [0.25, 0.3) is 11.5 Å². The quantitative estimate of drug-likeness (QED) is 0.472. The van der Waals surface area contributed by atoms with Crippen molar-refractivity contribution in [1.29, 1.82) is 0 Å². The van der Waals surface area contributed by atoms with Crippen LogP contribution in [0.2, 0.25) is 5.02 Å². The number of rotatable bonds is 4.